The van der Waals surface area contributed by atoms with Gasteiger partial charge in [0.15, 0.2) is 4.34 Å². The second kappa shape index (κ2) is 5.08. The zero-order chi connectivity index (χ0) is 14.3. The van der Waals surface area contributed by atoms with Crippen LogP contribution in [0.4, 0.5) is 0 Å². The molecule has 3 aromatic rings. The average Bonchev–Trinajstić information content (AvgIpc) is 2.95. The van der Waals surface area contributed by atoms with E-state index >= 15 is 0 Å². The van der Waals surface area contributed by atoms with Crippen LogP contribution in [0.3, 0.4) is 0 Å². The zero-order valence-electron chi connectivity index (χ0n) is 10.4. The fourth-order valence-electron chi connectivity index (χ4n) is 1.72. The molecule has 0 fully saturated rings. The van der Waals surface area contributed by atoms with Gasteiger partial charge in [0.2, 0.25) is 0 Å². The van der Waals surface area contributed by atoms with Crippen LogP contribution >= 0.6 is 34.4 Å². The molecule has 0 aliphatic rings. The Morgan fingerprint density at radius 3 is 2.70 bits per heavy atom. The first-order valence-electron chi connectivity index (χ1n) is 5.51. The molecule has 0 spiro atoms. The van der Waals surface area contributed by atoms with E-state index in [0.29, 0.717) is 20.3 Å². The van der Waals surface area contributed by atoms with Gasteiger partial charge < -0.3 is 5.11 Å². The predicted molar refractivity (Wildman–Crippen MR) is 77.9 cm³/mol. The number of aromatic nitrogens is 4. The number of carboxylic acids is 1. The summed E-state index contributed by atoms with van der Waals surface area (Å²) in [5, 5.41) is 19.6. The number of aromatic carboxylic acids is 1. The van der Waals surface area contributed by atoms with Gasteiger partial charge in [0.05, 0.1) is 0 Å². The number of hydrogen-bond donors (Lipinski definition) is 1. The van der Waals surface area contributed by atoms with Gasteiger partial charge in [0, 0.05) is 5.39 Å². The lowest BCUT2D eigenvalue weighted by Crippen LogP contribution is -1.94. The lowest BCUT2D eigenvalue weighted by molar-refractivity contribution is 0.0701. The Morgan fingerprint density at radius 2 is 2.05 bits per heavy atom. The zero-order valence-corrected chi connectivity index (χ0v) is 12.9. The lowest BCUT2D eigenvalue weighted by atomic mass is 10.2. The van der Waals surface area contributed by atoms with Crippen LogP contribution in [-0.2, 0) is 0 Å². The van der Waals surface area contributed by atoms with E-state index in [1.807, 2.05) is 6.92 Å². The summed E-state index contributed by atoms with van der Waals surface area (Å²) in [6.07, 6.45) is 1.44. The maximum absolute atomic E-state index is 11.2. The Labute approximate surface area is 125 Å². The number of aryl methyl sites for hydroxylation is 2. The van der Waals surface area contributed by atoms with Crippen molar-refractivity contribution in [2.45, 2.75) is 23.2 Å². The van der Waals surface area contributed by atoms with E-state index in [4.69, 9.17) is 0 Å². The van der Waals surface area contributed by atoms with Crippen molar-refractivity contribution in [2.24, 2.45) is 0 Å². The van der Waals surface area contributed by atoms with Crippen molar-refractivity contribution in [2.75, 3.05) is 0 Å². The maximum Gasteiger partial charge on any atom is 0.346 e. The Kier molecular flexibility index (Phi) is 3.40. The minimum absolute atomic E-state index is 0.302. The Morgan fingerprint density at radius 1 is 1.25 bits per heavy atom. The van der Waals surface area contributed by atoms with Gasteiger partial charge in [-0.2, -0.15) is 0 Å². The monoisotopic (exact) mass is 324 g/mol. The van der Waals surface area contributed by atoms with E-state index in [9.17, 15) is 9.90 Å². The van der Waals surface area contributed by atoms with Gasteiger partial charge in [-0.1, -0.05) is 11.3 Å². The molecule has 102 valence electrons. The smallest absolute Gasteiger partial charge is 0.346 e. The number of rotatable bonds is 3. The number of nitrogens with zero attached hydrogens (tertiary/aromatic N) is 4. The second-order valence-electron chi connectivity index (χ2n) is 3.91. The van der Waals surface area contributed by atoms with E-state index in [-0.39, 0.29) is 0 Å². The molecule has 6 nitrogen and oxygen atoms in total. The van der Waals surface area contributed by atoms with Gasteiger partial charge in [0.25, 0.3) is 0 Å². The highest BCUT2D eigenvalue weighted by atomic mass is 32.2. The van der Waals surface area contributed by atoms with Crippen LogP contribution in [-0.4, -0.2) is 31.2 Å². The molecule has 0 unspecified atom stereocenters. The van der Waals surface area contributed by atoms with Gasteiger partial charge >= 0.3 is 5.97 Å². The number of fused-ring (bicyclic) bond motifs is 1. The first-order valence-corrected chi connectivity index (χ1v) is 7.96. The molecule has 3 heterocycles. The molecule has 0 aromatic carbocycles. The van der Waals surface area contributed by atoms with Crippen LogP contribution in [0.25, 0.3) is 10.2 Å². The van der Waals surface area contributed by atoms with Gasteiger partial charge in [-0.25, -0.2) is 14.8 Å². The van der Waals surface area contributed by atoms with E-state index < -0.39 is 5.97 Å². The molecule has 0 bridgehead atoms. The highest BCUT2D eigenvalue weighted by Crippen LogP contribution is 2.38. The molecule has 1 N–H and O–H groups in total. The summed E-state index contributed by atoms with van der Waals surface area (Å²) in [5.41, 5.74) is 0.696. The summed E-state index contributed by atoms with van der Waals surface area (Å²) in [4.78, 5) is 20.6. The lowest BCUT2D eigenvalue weighted by Gasteiger charge is -1.99. The highest BCUT2D eigenvalue weighted by Gasteiger charge is 2.19. The molecule has 0 radical (unpaired) electrons. The molecular weight excluding hydrogens is 316 g/mol. The summed E-state index contributed by atoms with van der Waals surface area (Å²) in [6.45, 7) is 3.66. The molecule has 20 heavy (non-hydrogen) atoms. The minimum atomic E-state index is -0.937. The molecule has 0 aliphatic heterocycles. The molecule has 0 amide bonds. The third-order valence-electron chi connectivity index (χ3n) is 2.58. The standard InChI is InChI=1S/C11H8N4O2S3/c1-4-6-8(19-7(4)10(16)17)12-3-13-9(6)20-11-15-14-5(2)18-11/h3H,1-2H3,(H,16,17). The Balaban J connectivity index is 2.13. The minimum Gasteiger partial charge on any atom is -0.477 e. The molecule has 0 aliphatic carbocycles. The fraction of sp³-hybridized carbons (Fsp3) is 0.182. The molecule has 0 atom stereocenters. The maximum atomic E-state index is 11.2. The first kappa shape index (κ1) is 13.4. The molecular formula is C11H8N4O2S3. The van der Waals surface area contributed by atoms with E-state index in [0.717, 1.165) is 14.7 Å². The van der Waals surface area contributed by atoms with Crippen molar-refractivity contribution in [3.05, 3.63) is 21.8 Å². The number of carbonyl (C=O) groups is 1. The number of carboxylic acid groups (broad SMARTS) is 1. The topological polar surface area (TPSA) is 88.9 Å². The van der Waals surface area contributed by atoms with E-state index in [2.05, 4.69) is 20.2 Å². The van der Waals surface area contributed by atoms with Crippen molar-refractivity contribution < 1.29 is 9.90 Å². The Hall–Kier alpha value is -1.58. The normalized spacial score (nSPS) is 11.1. The molecule has 9 heteroatoms. The average molecular weight is 324 g/mol. The van der Waals surface area contributed by atoms with Gasteiger partial charge in [-0.05, 0) is 31.2 Å². The van der Waals surface area contributed by atoms with E-state index in [1.165, 1.54) is 40.8 Å². The highest BCUT2D eigenvalue weighted by molar-refractivity contribution is 8.01. The van der Waals surface area contributed by atoms with Crippen molar-refractivity contribution in [1.29, 1.82) is 0 Å². The first-order chi connectivity index (χ1) is 9.56. The molecule has 0 saturated heterocycles. The second-order valence-corrected chi connectivity index (χ2v) is 7.33. The van der Waals surface area contributed by atoms with Gasteiger partial charge in [-0.3, -0.25) is 0 Å². The quantitative estimate of drug-likeness (QED) is 0.741. The Bertz CT molecular complexity index is 811. The summed E-state index contributed by atoms with van der Waals surface area (Å²) in [6, 6.07) is 0. The summed E-state index contributed by atoms with van der Waals surface area (Å²) >= 11 is 4.03. The van der Waals surface area contributed by atoms with Crippen LogP contribution in [0, 0.1) is 13.8 Å². The van der Waals surface area contributed by atoms with Gasteiger partial charge in [-0.15, -0.1) is 21.5 Å². The number of thiophene rings is 1. The fourth-order valence-corrected chi connectivity index (χ4v) is 4.66. The van der Waals surface area contributed by atoms with Crippen LogP contribution in [0.5, 0.6) is 0 Å². The van der Waals surface area contributed by atoms with Crippen LogP contribution in [0.2, 0.25) is 0 Å². The summed E-state index contributed by atoms with van der Waals surface area (Å²) < 4.78 is 0.782. The van der Waals surface area contributed by atoms with E-state index in [1.54, 1.807) is 6.92 Å². The van der Waals surface area contributed by atoms with Crippen molar-refractivity contribution in [1.82, 2.24) is 20.2 Å². The van der Waals surface area contributed by atoms with Crippen molar-refractivity contribution >= 4 is 50.6 Å². The largest absolute Gasteiger partial charge is 0.477 e. The third-order valence-corrected chi connectivity index (χ3v) is 5.66. The van der Waals surface area contributed by atoms with Crippen molar-refractivity contribution in [3.8, 4) is 0 Å². The SMILES string of the molecule is Cc1nnc(Sc2ncnc3sc(C(=O)O)c(C)c23)s1. The van der Waals surface area contributed by atoms with Crippen LogP contribution in [0.1, 0.15) is 20.2 Å². The summed E-state index contributed by atoms with van der Waals surface area (Å²) in [5.74, 6) is -0.937. The van der Waals surface area contributed by atoms with Crippen molar-refractivity contribution in [3.63, 3.8) is 0 Å². The number of hydrogen-bond acceptors (Lipinski definition) is 8. The predicted octanol–water partition coefficient (Wildman–Crippen LogP) is 3.01. The van der Waals surface area contributed by atoms with Crippen LogP contribution in [0.15, 0.2) is 15.7 Å². The third kappa shape index (κ3) is 2.28. The van der Waals surface area contributed by atoms with Crippen LogP contribution < -0.4 is 0 Å². The molecule has 3 rings (SSSR count). The van der Waals surface area contributed by atoms with Gasteiger partial charge in [0.1, 0.15) is 26.1 Å². The molecule has 3 aromatic heterocycles. The molecule has 0 saturated carbocycles. The summed E-state index contributed by atoms with van der Waals surface area (Å²) in [7, 11) is 0.